The van der Waals surface area contributed by atoms with Crippen molar-refractivity contribution < 1.29 is 9.18 Å². The van der Waals surface area contributed by atoms with Gasteiger partial charge < -0.3 is 10.2 Å². The van der Waals surface area contributed by atoms with E-state index in [1.165, 1.54) is 6.07 Å². The first-order chi connectivity index (χ1) is 10.1. The van der Waals surface area contributed by atoms with Gasteiger partial charge in [-0.1, -0.05) is 17.7 Å². The standard InChI is InChI=1S/C16H22ClFN2O/c1-12(11-20-10-4-8-16(20)21)19-9-3-5-13-14(17)6-2-7-15(13)18/h2,6-7,12,19H,3-5,8-11H2,1H3. The van der Waals surface area contributed by atoms with Gasteiger partial charge in [0.1, 0.15) is 5.82 Å². The van der Waals surface area contributed by atoms with Crippen LogP contribution in [-0.2, 0) is 11.2 Å². The Hall–Kier alpha value is -1.13. The number of carbonyl (C=O) groups excluding carboxylic acids is 1. The predicted molar refractivity (Wildman–Crippen MR) is 83.0 cm³/mol. The first kappa shape index (κ1) is 16.2. The Kier molecular flexibility index (Phi) is 6.00. The van der Waals surface area contributed by atoms with E-state index >= 15 is 0 Å². The number of hydrogen-bond donors (Lipinski definition) is 1. The van der Waals surface area contributed by atoms with Gasteiger partial charge in [0.15, 0.2) is 0 Å². The van der Waals surface area contributed by atoms with Crippen LogP contribution in [0.15, 0.2) is 18.2 Å². The molecular weight excluding hydrogens is 291 g/mol. The van der Waals surface area contributed by atoms with Gasteiger partial charge in [0.05, 0.1) is 0 Å². The summed E-state index contributed by atoms with van der Waals surface area (Å²) in [5.41, 5.74) is 0.586. The number of carbonyl (C=O) groups is 1. The molecule has 1 fully saturated rings. The molecule has 5 heteroatoms. The minimum absolute atomic E-state index is 0.238. The molecule has 1 saturated heterocycles. The molecule has 3 nitrogen and oxygen atoms in total. The number of hydrogen-bond acceptors (Lipinski definition) is 2. The van der Waals surface area contributed by atoms with Crippen LogP contribution in [-0.4, -0.2) is 36.5 Å². The fourth-order valence-electron chi connectivity index (χ4n) is 2.68. The Bertz CT molecular complexity index is 475. The monoisotopic (exact) mass is 312 g/mol. The minimum atomic E-state index is -0.238. The summed E-state index contributed by atoms with van der Waals surface area (Å²) in [6.45, 7) is 4.48. The molecule has 0 aliphatic carbocycles. The lowest BCUT2D eigenvalue weighted by atomic mass is 10.1. The Morgan fingerprint density at radius 1 is 1.48 bits per heavy atom. The van der Waals surface area contributed by atoms with Crippen LogP contribution in [0.4, 0.5) is 4.39 Å². The molecule has 1 atom stereocenters. The van der Waals surface area contributed by atoms with Crippen LogP contribution in [0.5, 0.6) is 0 Å². The SMILES string of the molecule is CC(CN1CCCC1=O)NCCCc1c(F)cccc1Cl. The van der Waals surface area contributed by atoms with Gasteiger partial charge in [0.25, 0.3) is 0 Å². The Morgan fingerprint density at radius 3 is 2.95 bits per heavy atom. The second-order valence-corrected chi connectivity index (χ2v) is 6.01. The molecule has 1 aromatic rings. The molecule has 1 aromatic carbocycles. The van der Waals surface area contributed by atoms with Crippen molar-refractivity contribution in [1.82, 2.24) is 10.2 Å². The van der Waals surface area contributed by atoms with E-state index in [1.54, 1.807) is 12.1 Å². The fraction of sp³-hybridized carbons (Fsp3) is 0.562. The molecule has 0 aromatic heterocycles. The largest absolute Gasteiger partial charge is 0.341 e. The van der Waals surface area contributed by atoms with E-state index in [0.29, 0.717) is 23.4 Å². The summed E-state index contributed by atoms with van der Waals surface area (Å²) in [7, 11) is 0. The molecule has 0 bridgehead atoms. The van der Waals surface area contributed by atoms with E-state index < -0.39 is 0 Å². The van der Waals surface area contributed by atoms with Gasteiger partial charge in [-0.25, -0.2) is 4.39 Å². The fourth-order valence-corrected chi connectivity index (χ4v) is 2.93. The summed E-state index contributed by atoms with van der Waals surface area (Å²) in [4.78, 5) is 13.4. The van der Waals surface area contributed by atoms with Gasteiger partial charge in [0, 0.05) is 36.1 Å². The summed E-state index contributed by atoms with van der Waals surface area (Å²) in [5.74, 6) is 0.0139. The van der Waals surface area contributed by atoms with Crippen LogP contribution in [0.3, 0.4) is 0 Å². The molecule has 116 valence electrons. The first-order valence-corrected chi connectivity index (χ1v) is 7.90. The second kappa shape index (κ2) is 7.76. The van der Waals surface area contributed by atoms with Gasteiger partial charge in [-0.05, 0) is 44.9 Å². The maximum absolute atomic E-state index is 13.6. The van der Waals surface area contributed by atoms with Crippen LogP contribution in [0, 0.1) is 5.82 Å². The molecule has 0 radical (unpaired) electrons. The van der Waals surface area contributed by atoms with Crippen LogP contribution in [0.25, 0.3) is 0 Å². The highest BCUT2D eigenvalue weighted by molar-refractivity contribution is 6.31. The Labute approximate surface area is 130 Å². The van der Waals surface area contributed by atoms with Crippen LogP contribution >= 0.6 is 11.6 Å². The summed E-state index contributed by atoms with van der Waals surface area (Å²) in [6, 6.07) is 5.03. The zero-order valence-corrected chi connectivity index (χ0v) is 13.1. The molecule has 1 amide bonds. The zero-order valence-electron chi connectivity index (χ0n) is 12.4. The normalized spacial score (nSPS) is 16.5. The molecule has 1 unspecified atom stereocenters. The third kappa shape index (κ3) is 4.68. The number of nitrogens with one attached hydrogen (secondary N) is 1. The lowest BCUT2D eigenvalue weighted by molar-refractivity contribution is -0.127. The number of nitrogens with zero attached hydrogens (tertiary/aromatic N) is 1. The smallest absolute Gasteiger partial charge is 0.222 e. The quantitative estimate of drug-likeness (QED) is 0.785. The third-order valence-corrected chi connectivity index (χ3v) is 4.18. The molecule has 1 N–H and O–H groups in total. The minimum Gasteiger partial charge on any atom is -0.341 e. The maximum Gasteiger partial charge on any atom is 0.222 e. The zero-order chi connectivity index (χ0) is 15.2. The van der Waals surface area contributed by atoms with E-state index in [0.717, 1.165) is 32.5 Å². The molecule has 0 spiro atoms. The summed E-state index contributed by atoms with van der Waals surface area (Å²) in [6.07, 6.45) is 3.09. The molecule has 1 heterocycles. The number of benzene rings is 1. The summed E-state index contributed by atoms with van der Waals surface area (Å²) < 4.78 is 13.6. The van der Waals surface area contributed by atoms with Gasteiger partial charge in [-0.3, -0.25) is 4.79 Å². The lowest BCUT2D eigenvalue weighted by Crippen LogP contribution is -2.40. The first-order valence-electron chi connectivity index (χ1n) is 7.52. The molecular formula is C16H22ClFN2O. The van der Waals surface area contributed by atoms with E-state index in [-0.39, 0.29) is 17.8 Å². The van der Waals surface area contributed by atoms with Crippen molar-refractivity contribution in [3.63, 3.8) is 0 Å². The molecule has 0 saturated carbocycles. The van der Waals surface area contributed by atoms with Crippen molar-refractivity contribution in [3.8, 4) is 0 Å². The maximum atomic E-state index is 13.6. The van der Waals surface area contributed by atoms with E-state index in [4.69, 9.17) is 11.6 Å². The highest BCUT2D eigenvalue weighted by Gasteiger charge is 2.21. The van der Waals surface area contributed by atoms with E-state index in [9.17, 15) is 9.18 Å². The average Bonchev–Trinajstić information content (AvgIpc) is 2.83. The number of rotatable bonds is 7. The van der Waals surface area contributed by atoms with Crippen molar-refractivity contribution >= 4 is 17.5 Å². The number of halogens is 2. The second-order valence-electron chi connectivity index (χ2n) is 5.60. The average molecular weight is 313 g/mol. The number of likely N-dealkylation sites (tertiary alicyclic amines) is 1. The topological polar surface area (TPSA) is 32.3 Å². The highest BCUT2D eigenvalue weighted by Crippen LogP contribution is 2.20. The Morgan fingerprint density at radius 2 is 2.29 bits per heavy atom. The van der Waals surface area contributed by atoms with Crippen molar-refractivity contribution in [2.75, 3.05) is 19.6 Å². The van der Waals surface area contributed by atoms with Crippen molar-refractivity contribution in [2.24, 2.45) is 0 Å². The number of amides is 1. The molecule has 1 aliphatic heterocycles. The van der Waals surface area contributed by atoms with Gasteiger partial charge >= 0.3 is 0 Å². The molecule has 2 rings (SSSR count). The Balaban J connectivity index is 1.68. The van der Waals surface area contributed by atoms with Gasteiger partial charge in [-0.15, -0.1) is 0 Å². The van der Waals surface area contributed by atoms with Crippen LogP contribution in [0.1, 0.15) is 31.7 Å². The van der Waals surface area contributed by atoms with Crippen molar-refractivity contribution in [2.45, 2.75) is 38.6 Å². The van der Waals surface area contributed by atoms with Crippen molar-refractivity contribution in [1.29, 1.82) is 0 Å². The van der Waals surface area contributed by atoms with Gasteiger partial charge in [0.2, 0.25) is 5.91 Å². The highest BCUT2D eigenvalue weighted by atomic mass is 35.5. The summed E-state index contributed by atoms with van der Waals surface area (Å²) >= 11 is 6.00. The third-order valence-electron chi connectivity index (χ3n) is 3.82. The molecule has 1 aliphatic rings. The van der Waals surface area contributed by atoms with E-state index in [2.05, 4.69) is 12.2 Å². The van der Waals surface area contributed by atoms with Crippen molar-refractivity contribution in [3.05, 3.63) is 34.6 Å². The lowest BCUT2D eigenvalue weighted by Gasteiger charge is -2.21. The van der Waals surface area contributed by atoms with Crippen LogP contribution in [0.2, 0.25) is 5.02 Å². The predicted octanol–water partition coefficient (Wildman–Crippen LogP) is 3.01. The van der Waals surface area contributed by atoms with Gasteiger partial charge in [-0.2, -0.15) is 0 Å². The van der Waals surface area contributed by atoms with Crippen LogP contribution < -0.4 is 5.32 Å². The van der Waals surface area contributed by atoms with E-state index in [1.807, 2.05) is 4.90 Å². The molecule has 21 heavy (non-hydrogen) atoms. The summed E-state index contributed by atoms with van der Waals surface area (Å²) in [5, 5.41) is 3.87.